The van der Waals surface area contributed by atoms with Crippen molar-refractivity contribution in [3.05, 3.63) is 28.0 Å². The molecule has 3 nitrogen and oxygen atoms in total. The average Bonchev–Trinajstić information content (AvgIpc) is 2.76. The van der Waals surface area contributed by atoms with Gasteiger partial charge in [-0.2, -0.15) is 0 Å². The summed E-state index contributed by atoms with van der Waals surface area (Å²) < 4.78 is 13.0. The minimum absolute atomic E-state index is 0.0848. The van der Waals surface area contributed by atoms with Crippen LogP contribution in [0.25, 0.3) is 0 Å². The quantitative estimate of drug-likeness (QED) is 0.842. The van der Waals surface area contributed by atoms with E-state index in [4.69, 9.17) is 23.2 Å². The fourth-order valence-electron chi connectivity index (χ4n) is 2.07. The van der Waals surface area contributed by atoms with Crippen LogP contribution < -0.4 is 10.6 Å². The van der Waals surface area contributed by atoms with Crippen LogP contribution in [0.5, 0.6) is 0 Å². The molecular weight excluding hydrogens is 278 g/mol. The Balaban J connectivity index is 2.02. The molecule has 2 amide bonds. The fraction of sp³-hybridized carbons (Fsp3) is 0.417. The number of nitrogens with one attached hydrogen (secondary N) is 2. The van der Waals surface area contributed by atoms with Crippen LogP contribution in [-0.4, -0.2) is 12.1 Å². The lowest BCUT2D eigenvalue weighted by atomic mass is 10.2. The van der Waals surface area contributed by atoms with Crippen molar-refractivity contribution in [3.8, 4) is 0 Å². The Morgan fingerprint density at radius 2 is 1.78 bits per heavy atom. The maximum atomic E-state index is 13.0. The number of urea groups is 1. The normalized spacial score (nSPS) is 15.7. The standard InChI is InChI=1S/C12H13Cl2FN2O/c13-9-5-7(15)6-10(14)11(9)17-12(18)16-8-3-1-2-4-8/h5-6,8H,1-4H2,(H2,16,17,18). The summed E-state index contributed by atoms with van der Waals surface area (Å²) in [6.45, 7) is 0. The first-order valence-corrected chi connectivity index (χ1v) is 6.54. The molecule has 0 heterocycles. The van der Waals surface area contributed by atoms with Gasteiger partial charge in [-0.05, 0) is 25.0 Å². The molecule has 2 N–H and O–H groups in total. The van der Waals surface area contributed by atoms with Crippen LogP contribution >= 0.6 is 23.2 Å². The van der Waals surface area contributed by atoms with E-state index in [1.807, 2.05) is 0 Å². The van der Waals surface area contributed by atoms with E-state index in [0.717, 1.165) is 37.8 Å². The molecule has 1 aliphatic carbocycles. The Bertz CT molecular complexity index is 438. The minimum atomic E-state index is -0.535. The number of carbonyl (C=O) groups excluding carboxylic acids is 1. The van der Waals surface area contributed by atoms with Gasteiger partial charge in [0.15, 0.2) is 0 Å². The summed E-state index contributed by atoms with van der Waals surface area (Å²) in [6, 6.07) is 2.05. The molecule has 0 radical (unpaired) electrons. The maximum Gasteiger partial charge on any atom is 0.319 e. The molecule has 1 aromatic rings. The second-order valence-corrected chi connectivity index (χ2v) is 5.14. The molecule has 1 fully saturated rings. The van der Waals surface area contributed by atoms with Crippen LogP contribution in [0.15, 0.2) is 12.1 Å². The molecule has 1 aliphatic rings. The van der Waals surface area contributed by atoms with Crippen molar-refractivity contribution in [1.82, 2.24) is 5.32 Å². The zero-order valence-corrected chi connectivity index (χ0v) is 11.1. The number of benzene rings is 1. The second-order valence-electron chi connectivity index (χ2n) is 4.32. The van der Waals surface area contributed by atoms with Gasteiger partial charge in [0.05, 0.1) is 15.7 Å². The van der Waals surface area contributed by atoms with Crippen molar-refractivity contribution in [2.45, 2.75) is 31.7 Å². The molecule has 1 aromatic carbocycles. The molecule has 0 unspecified atom stereocenters. The maximum absolute atomic E-state index is 13.0. The molecule has 0 aliphatic heterocycles. The highest BCUT2D eigenvalue weighted by Gasteiger charge is 2.18. The van der Waals surface area contributed by atoms with Crippen LogP contribution in [-0.2, 0) is 0 Å². The van der Waals surface area contributed by atoms with E-state index >= 15 is 0 Å². The second kappa shape index (κ2) is 5.76. The van der Waals surface area contributed by atoms with Crippen molar-refractivity contribution >= 4 is 34.9 Å². The molecule has 18 heavy (non-hydrogen) atoms. The van der Waals surface area contributed by atoms with Gasteiger partial charge in [-0.3, -0.25) is 0 Å². The van der Waals surface area contributed by atoms with E-state index in [9.17, 15) is 9.18 Å². The number of halogens is 3. The van der Waals surface area contributed by atoms with Crippen LogP contribution in [0.3, 0.4) is 0 Å². The van der Waals surface area contributed by atoms with Crippen molar-refractivity contribution in [2.75, 3.05) is 5.32 Å². The highest BCUT2D eigenvalue weighted by Crippen LogP contribution is 2.31. The highest BCUT2D eigenvalue weighted by atomic mass is 35.5. The van der Waals surface area contributed by atoms with Gasteiger partial charge in [-0.15, -0.1) is 0 Å². The first-order chi connectivity index (χ1) is 8.56. The summed E-state index contributed by atoms with van der Waals surface area (Å²) in [5.41, 5.74) is 0.232. The number of anilines is 1. The first kappa shape index (κ1) is 13.4. The zero-order chi connectivity index (χ0) is 13.1. The summed E-state index contributed by atoms with van der Waals surface area (Å²) in [4.78, 5) is 11.7. The van der Waals surface area contributed by atoms with Crippen LogP contribution in [0, 0.1) is 5.82 Å². The Labute approximate surface area is 115 Å². The average molecular weight is 291 g/mol. The van der Waals surface area contributed by atoms with E-state index in [-0.39, 0.29) is 27.8 Å². The van der Waals surface area contributed by atoms with E-state index in [1.54, 1.807) is 0 Å². The Kier molecular flexibility index (Phi) is 4.30. The van der Waals surface area contributed by atoms with Gasteiger partial charge in [0.1, 0.15) is 5.82 Å². The summed E-state index contributed by atoms with van der Waals surface area (Å²) in [5, 5.41) is 5.56. The molecule has 1 saturated carbocycles. The van der Waals surface area contributed by atoms with Gasteiger partial charge in [0.25, 0.3) is 0 Å². The minimum Gasteiger partial charge on any atom is -0.335 e. The lowest BCUT2D eigenvalue weighted by molar-refractivity contribution is 0.248. The first-order valence-electron chi connectivity index (χ1n) is 5.78. The molecule has 0 bridgehead atoms. The molecule has 0 spiro atoms. The smallest absolute Gasteiger partial charge is 0.319 e. The van der Waals surface area contributed by atoms with Crippen LogP contribution in [0.2, 0.25) is 10.0 Å². The summed E-state index contributed by atoms with van der Waals surface area (Å²) in [7, 11) is 0. The highest BCUT2D eigenvalue weighted by molar-refractivity contribution is 6.39. The fourth-order valence-corrected chi connectivity index (χ4v) is 2.62. The van der Waals surface area contributed by atoms with E-state index in [1.165, 1.54) is 0 Å². The van der Waals surface area contributed by atoms with E-state index in [2.05, 4.69) is 10.6 Å². The van der Waals surface area contributed by atoms with Crippen molar-refractivity contribution in [2.24, 2.45) is 0 Å². The molecule has 0 aromatic heterocycles. The SMILES string of the molecule is O=C(Nc1c(Cl)cc(F)cc1Cl)NC1CCCC1. The third-order valence-electron chi connectivity index (χ3n) is 2.94. The van der Waals surface area contributed by atoms with Crippen molar-refractivity contribution in [3.63, 3.8) is 0 Å². The molecule has 0 saturated heterocycles. The van der Waals surface area contributed by atoms with Gasteiger partial charge in [-0.1, -0.05) is 36.0 Å². The summed E-state index contributed by atoms with van der Waals surface area (Å²) >= 11 is 11.7. The lowest BCUT2D eigenvalue weighted by Crippen LogP contribution is -2.36. The van der Waals surface area contributed by atoms with Gasteiger partial charge < -0.3 is 10.6 Å². The third-order valence-corrected chi connectivity index (χ3v) is 3.53. The molecule has 0 atom stereocenters. The van der Waals surface area contributed by atoms with Crippen molar-refractivity contribution in [1.29, 1.82) is 0 Å². The Hall–Kier alpha value is -1.00. The number of hydrogen-bond acceptors (Lipinski definition) is 1. The largest absolute Gasteiger partial charge is 0.335 e. The summed E-state index contributed by atoms with van der Waals surface area (Å²) in [6.07, 6.45) is 4.22. The Morgan fingerprint density at radius 1 is 1.22 bits per heavy atom. The predicted molar refractivity (Wildman–Crippen MR) is 70.8 cm³/mol. The topological polar surface area (TPSA) is 41.1 Å². The van der Waals surface area contributed by atoms with Gasteiger partial charge >= 0.3 is 6.03 Å². The van der Waals surface area contributed by atoms with Gasteiger partial charge in [0, 0.05) is 6.04 Å². The molecule has 98 valence electrons. The van der Waals surface area contributed by atoms with Crippen molar-refractivity contribution < 1.29 is 9.18 Å². The number of carbonyl (C=O) groups is 1. The Morgan fingerprint density at radius 3 is 2.33 bits per heavy atom. The van der Waals surface area contributed by atoms with E-state index < -0.39 is 5.82 Å². The molecular formula is C12H13Cl2FN2O. The number of amides is 2. The van der Waals surface area contributed by atoms with Crippen LogP contribution in [0.4, 0.5) is 14.9 Å². The number of hydrogen-bond donors (Lipinski definition) is 2. The predicted octanol–water partition coefficient (Wildman–Crippen LogP) is 4.20. The van der Waals surface area contributed by atoms with Gasteiger partial charge in [0.2, 0.25) is 0 Å². The zero-order valence-electron chi connectivity index (χ0n) is 9.60. The van der Waals surface area contributed by atoms with E-state index in [0.29, 0.717) is 0 Å². The summed E-state index contributed by atoms with van der Waals surface area (Å²) in [5.74, 6) is -0.535. The molecule has 2 rings (SSSR count). The lowest BCUT2D eigenvalue weighted by Gasteiger charge is -2.14. The molecule has 6 heteroatoms. The number of rotatable bonds is 2. The van der Waals surface area contributed by atoms with Gasteiger partial charge in [-0.25, -0.2) is 9.18 Å². The monoisotopic (exact) mass is 290 g/mol. The third kappa shape index (κ3) is 3.27. The van der Waals surface area contributed by atoms with Crippen LogP contribution in [0.1, 0.15) is 25.7 Å².